The first kappa shape index (κ1) is 19.1. The summed E-state index contributed by atoms with van der Waals surface area (Å²) in [6, 6.07) is 16.8. The van der Waals surface area contributed by atoms with Gasteiger partial charge in [0.25, 0.3) is 0 Å². The van der Waals surface area contributed by atoms with E-state index in [0.717, 1.165) is 4.90 Å². The number of aromatic nitrogens is 1. The minimum Gasteiger partial charge on any atom is -0.274 e. The third-order valence-electron chi connectivity index (χ3n) is 5.02. The van der Waals surface area contributed by atoms with Crippen LogP contribution in [-0.4, -0.2) is 16.8 Å². The Morgan fingerprint density at radius 1 is 0.931 bits per heavy atom. The minimum absolute atomic E-state index is 0.0636. The molecule has 0 bridgehead atoms. The van der Waals surface area contributed by atoms with E-state index in [9.17, 15) is 9.59 Å². The van der Waals surface area contributed by atoms with Gasteiger partial charge in [-0.05, 0) is 53.6 Å². The molecule has 0 unspecified atom stereocenters. The van der Waals surface area contributed by atoms with Crippen LogP contribution in [0.5, 0.6) is 0 Å². The molecule has 1 aliphatic heterocycles. The van der Waals surface area contributed by atoms with Crippen molar-refractivity contribution in [3.05, 3.63) is 93.7 Å². The maximum atomic E-state index is 13.7. The SMILES string of the molecule is N#Cc1ccc([C@]2(c3ccncc3)CC(=O)N(c3cc(Cl)cc(Cl)c3)C2=O)cc1. The van der Waals surface area contributed by atoms with Gasteiger partial charge in [0, 0.05) is 22.4 Å². The van der Waals surface area contributed by atoms with Gasteiger partial charge in [0.2, 0.25) is 11.8 Å². The largest absolute Gasteiger partial charge is 0.274 e. The van der Waals surface area contributed by atoms with Crippen LogP contribution in [0.15, 0.2) is 67.0 Å². The van der Waals surface area contributed by atoms with Crippen molar-refractivity contribution >= 4 is 40.7 Å². The standard InChI is InChI=1S/C22H13Cl2N3O2/c23-17-9-18(24)11-19(10-17)27-20(28)12-22(21(27)29,16-5-7-26-8-6-16)15-3-1-14(13-25)2-4-15/h1-11H,12H2/t22-/m0/s1. The molecular weight excluding hydrogens is 409 g/mol. The number of rotatable bonds is 3. The highest BCUT2D eigenvalue weighted by atomic mass is 35.5. The normalized spacial score (nSPS) is 18.7. The van der Waals surface area contributed by atoms with E-state index in [0.29, 0.717) is 32.4 Å². The van der Waals surface area contributed by atoms with Crippen LogP contribution in [0.4, 0.5) is 5.69 Å². The van der Waals surface area contributed by atoms with Crippen LogP contribution in [-0.2, 0) is 15.0 Å². The van der Waals surface area contributed by atoms with E-state index in [-0.39, 0.29) is 12.3 Å². The summed E-state index contributed by atoms with van der Waals surface area (Å²) in [6.45, 7) is 0. The highest BCUT2D eigenvalue weighted by Crippen LogP contribution is 2.44. The Bertz CT molecular complexity index is 1140. The van der Waals surface area contributed by atoms with Gasteiger partial charge in [0.05, 0.1) is 23.7 Å². The van der Waals surface area contributed by atoms with Gasteiger partial charge in [-0.15, -0.1) is 0 Å². The van der Waals surface area contributed by atoms with Crippen LogP contribution in [0.3, 0.4) is 0 Å². The number of carbonyl (C=O) groups is 2. The summed E-state index contributed by atoms with van der Waals surface area (Å²) < 4.78 is 0. The average Bonchev–Trinajstić information content (AvgIpc) is 2.99. The molecule has 1 aromatic heterocycles. The zero-order valence-electron chi connectivity index (χ0n) is 15.0. The fourth-order valence-corrected chi connectivity index (χ4v) is 4.21. The maximum Gasteiger partial charge on any atom is 0.249 e. The molecule has 0 spiro atoms. The van der Waals surface area contributed by atoms with Crippen molar-refractivity contribution in [2.24, 2.45) is 0 Å². The Kier molecular flexibility index (Phi) is 4.83. The number of pyridine rings is 1. The van der Waals surface area contributed by atoms with Crippen molar-refractivity contribution in [2.75, 3.05) is 4.90 Å². The van der Waals surface area contributed by atoms with Crippen molar-refractivity contribution in [2.45, 2.75) is 11.8 Å². The second-order valence-electron chi connectivity index (χ2n) is 6.67. The molecule has 0 radical (unpaired) electrons. The maximum absolute atomic E-state index is 13.7. The molecule has 2 amide bonds. The van der Waals surface area contributed by atoms with Crippen LogP contribution < -0.4 is 4.90 Å². The van der Waals surface area contributed by atoms with E-state index in [1.165, 1.54) is 18.2 Å². The van der Waals surface area contributed by atoms with Gasteiger partial charge < -0.3 is 0 Å². The third kappa shape index (κ3) is 3.17. The number of benzene rings is 2. The number of nitrogens with zero attached hydrogens (tertiary/aromatic N) is 3. The summed E-state index contributed by atoms with van der Waals surface area (Å²) in [5.74, 6) is -0.772. The minimum atomic E-state index is -1.23. The van der Waals surface area contributed by atoms with Crippen molar-refractivity contribution in [1.82, 2.24) is 4.98 Å². The molecule has 142 valence electrons. The summed E-state index contributed by atoms with van der Waals surface area (Å²) >= 11 is 12.2. The molecule has 2 heterocycles. The number of hydrogen-bond donors (Lipinski definition) is 0. The molecule has 7 heteroatoms. The summed E-state index contributed by atoms with van der Waals surface area (Å²) in [4.78, 5) is 31.9. The van der Waals surface area contributed by atoms with E-state index in [2.05, 4.69) is 11.1 Å². The van der Waals surface area contributed by atoms with Crippen LogP contribution in [0.25, 0.3) is 0 Å². The lowest BCUT2D eigenvalue weighted by molar-refractivity contribution is -0.122. The molecule has 0 saturated carbocycles. The zero-order valence-corrected chi connectivity index (χ0v) is 16.5. The third-order valence-corrected chi connectivity index (χ3v) is 5.46. The van der Waals surface area contributed by atoms with E-state index in [1.807, 2.05) is 0 Å². The highest BCUT2D eigenvalue weighted by molar-refractivity contribution is 6.36. The van der Waals surface area contributed by atoms with Crippen LogP contribution >= 0.6 is 23.2 Å². The Hall–Kier alpha value is -3.20. The van der Waals surface area contributed by atoms with E-state index < -0.39 is 11.3 Å². The fourth-order valence-electron chi connectivity index (χ4n) is 3.70. The molecular formula is C22H13Cl2N3O2. The quantitative estimate of drug-likeness (QED) is 0.583. The number of anilines is 1. The number of nitriles is 1. The first-order valence-electron chi connectivity index (χ1n) is 8.70. The number of hydrogen-bond acceptors (Lipinski definition) is 4. The lowest BCUT2D eigenvalue weighted by Gasteiger charge is -2.28. The number of imide groups is 1. The summed E-state index contributed by atoms with van der Waals surface area (Å²) in [5, 5.41) is 9.75. The summed E-state index contributed by atoms with van der Waals surface area (Å²) in [7, 11) is 0. The summed E-state index contributed by atoms with van der Waals surface area (Å²) in [6.07, 6.45) is 3.10. The molecule has 1 fully saturated rings. The molecule has 1 atom stereocenters. The van der Waals surface area contributed by atoms with Crippen LogP contribution in [0.1, 0.15) is 23.1 Å². The Morgan fingerprint density at radius 2 is 1.52 bits per heavy atom. The van der Waals surface area contributed by atoms with Gasteiger partial charge in [-0.25, -0.2) is 4.90 Å². The average molecular weight is 422 g/mol. The van der Waals surface area contributed by atoms with Gasteiger partial charge in [0.15, 0.2) is 0 Å². The fraction of sp³-hybridized carbons (Fsp3) is 0.0909. The monoisotopic (exact) mass is 421 g/mol. The zero-order chi connectivity index (χ0) is 20.6. The Balaban J connectivity index is 1.91. The molecule has 29 heavy (non-hydrogen) atoms. The number of halogens is 2. The Labute approximate surface area is 177 Å². The van der Waals surface area contributed by atoms with Crippen molar-refractivity contribution in [3.8, 4) is 6.07 Å². The van der Waals surface area contributed by atoms with Gasteiger partial charge in [-0.1, -0.05) is 35.3 Å². The predicted molar refractivity (Wildman–Crippen MR) is 110 cm³/mol. The molecule has 5 nitrogen and oxygen atoms in total. The second kappa shape index (κ2) is 7.32. The molecule has 3 aromatic rings. The van der Waals surface area contributed by atoms with Crippen LogP contribution in [0.2, 0.25) is 10.0 Å². The summed E-state index contributed by atoms with van der Waals surface area (Å²) in [5.41, 5.74) is 0.821. The van der Waals surface area contributed by atoms with E-state index >= 15 is 0 Å². The lowest BCUT2D eigenvalue weighted by atomic mass is 9.73. The van der Waals surface area contributed by atoms with Gasteiger partial charge >= 0.3 is 0 Å². The van der Waals surface area contributed by atoms with Crippen LogP contribution in [0, 0.1) is 11.3 Å². The predicted octanol–water partition coefficient (Wildman–Crippen LogP) is 4.51. The first-order valence-corrected chi connectivity index (χ1v) is 9.46. The molecule has 0 aliphatic carbocycles. The molecule has 2 aromatic carbocycles. The van der Waals surface area contributed by atoms with E-state index in [4.69, 9.17) is 28.5 Å². The van der Waals surface area contributed by atoms with Crippen molar-refractivity contribution < 1.29 is 9.59 Å². The lowest BCUT2D eigenvalue weighted by Crippen LogP contribution is -2.39. The molecule has 0 N–H and O–H groups in total. The van der Waals surface area contributed by atoms with Gasteiger partial charge in [0.1, 0.15) is 5.41 Å². The van der Waals surface area contributed by atoms with Crippen molar-refractivity contribution in [3.63, 3.8) is 0 Å². The molecule has 4 rings (SSSR count). The van der Waals surface area contributed by atoms with Gasteiger partial charge in [-0.2, -0.15) is 5.26 Å². The number of amides is 2. The highest BCUT2D eigenvalue weighted by Gasteiger charge is 2.54. The Morgan fingerprint density at radius 3 is 2.10 bits per heavy atom. The number of carbonyl (C=O) groups excluding carboxylic acids is 2. The molecule has 1 aliphatic rings. The second-order valence-corrected chi connectivity index (χ2v) is 7.54. The van der Waals surface area contributed by atoms with Crippen molar-refractivity contribution in [1.29, 1.82) is 5.26 Å². The van der Waals surface area contributed by atoms with Gasteiger partial charge in [-0.3, -0.25) is 14.6 Å². The first-order chi connectivity index (χ1) is 14.0. The topological polar surface area (TPSA) is 74.1 Å². The van der Waals surface area contributed by atoms with E-state index in [1.54, 1.807) is 48.8 Å². The smallest absolute Gasteiger partial charge is 0.249 e. The molecule has 1 saturated heterocycles.